The summed E-state index contributed by atoms with van der Waals surface area (Å²) in [5.41, 5.74) is 6.26. The van der Waals surface area contributed by atoms with Gasteiger partial charge in [-0.3, -0.25) is 4.79 Å². The zero-order valence-corrected chi connectivity index (χ0v) is 15.1. The third-order valence-electron chi connectivity index (χ3n) is 3.61. The van der Waals surface area contributed by atoms with E-state index in [0.717, 1.165) is 0 Å². The maximum absolute atomic E-state index is 12.3. The van der Waals surface area contributed by atoms with Gasteiger partial charge in [-0.25, -0.2) is 4.79 Å². The number of halogens is 2. The molecule has 1 aliphatic rings. The fraction of sp³-hybridized carbons (Fsp3) is 0.176. The van der Waals surface area contributed by atoms with Crippen molar-refractivity contribution in [2.45, 2.75) is 13.0 Å². The number of hydrogen-bond acceptors (Lipinski definition) is 6. The van der Waals surface area contributed by atoms with E-state index in [9.17, 15) is 9.59 Å². The number of nitrogen functional groups attached to an aromatic ring is 1. The molecule has 0 spiro atoms. The minimum absolute atomic E-state index is 0.00905. The quantitative estimate of drug-likeness (QED) is 0.605. The molecule has 1 amide bonds. The number of nitrogens with one attached hydrogen (secondary N) is 1. The molecule has 3 N–H and O–H groups in total. The summed E-state index contributed by atoms with van der Waals surface area (Å²) < 4.78 is 15.6. The van der Waals surface area contributed by atoms with Crippen LogP contribution in [-0.4, -0.2) is 24.8 Å². The number of amides is 1. The maximum atomic E-state index is 12.3. The van der Waals surface area contributed by atoms with Crippen LogP contribution in [0.3, 0.4) is 0 Å². The van der Waals surface area contributed by atoms with Crippen molar-refractivity contribution in [1.82, 2.24) is 0 Å². The lowest BCUT2D eigenvalue weighted by Crippen LogP contribution is -2.30. The van der Waals surface area contributed by atoms with Gasteiger partial charge in [-0.05, 0) is 31.2 Å². The summed E-state index contributed by atoms with van der Waals surface area (Å²) in [5, 5.41) is 2.99. The molecular formula is C17H14Cl2N2O5. The monoisotopic (exact) mass is 396 g/mol. The number of fused-ring (bicyclic) bond motifs is 1. The second kappa shape index (κ2) is 7.31. The highest BCUT2D eigenvalue weighted by Crippen LogP contribution is 2.34. The third-order valence-corrected chi connectivity index (χ3v) is 4.14. The van der Waals surface area contributed by atoms with Gasteiger partial charge in [0, 0.05) is 16.8 Å². The molecule has 1 heterocycles. The largest absolute Gasteiger partial charge is 0.454 e. The number of carbonyl (C=O) groups excluding carboxylic acids is 2. The van der Waals surface area contributed by atoms with Gasteiger partial charge in [0.2, 0.25) is 6.79 Å². The first kappa shape index (κ1) is 18.2. The second-order valence-corrected chi connectivity index (χ2v) is 6.30. The molecule has 0 radical (unpaired) electrons. The van der Waals surface area contributed by atoms with Gasteiger partial charge in [0.05, 0.1) is 16.3 Å². The van der Waals surface area contributed by atoms with E-state index >= 15 is 0 Å². The summed E-state index contributed by atoms with van der Waals surface area (Å²) in [6.07, 6.45) is -1.08. The Balaban J connectivity index is 1.67. The number of benzene rings is 2. The number of ether oxygens (including phenoxy) is 3. The number of rotatable bonds is 4. The summed E-state index contributed by atoms with van der Waals surface area (Å²) in [6, 6.07) is 7.67. The second-order valence-electron chi connectivity index (χ2n) is 5.45. The third kappa shape index (κ3) is 3.79. The van der Waals surface area contributed by atoms with Crippen LogP contribution in [-0.2, 0) is 9.53 Å². The Morgan fingerprint density at radius 3 is 2.69 bits per heavy atom. The average molecular weight is 397 g/mol. The zero-order valence-electron chi connectivity index (χ0n) is 13.5. The van der Waals surface area contributed by atoms with Gasteiger partial charge in [-0.1, -0.05) is 23.2 Å². The van der Waals surface area contributed by atoms with Gasteiger partial charge in [0.25, 0.3) is 5.91 Å². The van der Waals surface area contributed by atoms with Crippen LogP contribution in [0.2, 0.25) is 10.0 Å². The van der Waals surface area contributed by atoms with Crippen molar-refractivity contribution in [2.75, 3.05) is 17.8 Å². The van der Waals surface area contributed by atoms with Crippen molar-refractivity contribution in [3.05, 3.63) is 45.9 Å². The minimum Gasteiger partial charge on any atom is -0.454 e. The first-order valence-electron chi connectivity index (χ1n) is 7.51. The van der Waals surface area contributed by atoms with Crippen LogP contribution < -0.4 is 20.5 Å². The number of hydrogen-bond donors (Lipinski definition) is 2. The summed E-state index contributed by atoms with van der Waals surface area (Å²) in [4.78, 5) is 24.5. The molecule has 9 heteroatoms. The first-order chi connectivity index (χ1) is 12.3. The zero-order chi connectivity index (χ0) is 18.8. The molecule has 0 saturated heterocycles. The van der Waals surface area contributed by atoms with E-state index in [1.54, 1.807) is 18.2 Å². The van der Waals surface area contributed by atoms with E-state index < -0.39 is 18.0 Å². The predicted molar refractivity (Wildman–Crippen MR) is 96.9 cm³/mol. The molecule has 136 valence electrons. The van der Waals surface area contributed by atoms with Gasteiger partial charge >= 0.3 is 5.97 Å². The van der Waals surface area contributed by atoms with E-state index in [-0.39, 0.29) is 28.1 Å². The fourth-order valence-corrected chi connectivity index (χ4v) is 2.74. The summed E-state index contributed by atoms with van der Waals surface area (Å²) >= 11 is 11.8. The van der Waals surface area contributed by atoms with Crippen molar-refractivity contribution in [3.63, 3.8) is 0 Å². The Morgan fingerprint density at radius 1 is 1.19 bits per heavy atom. The SMILES string of the molecule is CC(OC(=O)c1cc(Cl)cc(Cl)c1N)C(=O)Nc1ccc2c(c1)OCO2. The summed E-state index contributed by atoms with van der Waals surface area (Å²) in [7, 11) is 0. The van der Waals surface area contributed by atoms with Crippen LogP contribution in [0.5, 0.6) is 11.5 Å². The standard InChI is InChI=1S/C17H14Cl2N2O5/c1-8(26-17(23)11-4-9(18)5-12(19)15(11)20)16(22)21-10-2-3-13-14(6-10)25-7-24-13/h2-6,8H,7,20H2,1H3,(H,21,22). The van der Waals surface area contributed by atoms with Crippen LogP contribution in [0.15, 0.2) is 30.3 Å². The van der Waals surface area contributed by atoms with Crippen LogP contribution in [0.25, 0.3) is 0 Å². The average Bonchev–Trinajstić information content (AvgIpc) is 3.05. The van der Waals surface area contributed by atoms with Crippen LogP contribution in [0.1, 0.15) is 17.3 Å². The number of nitrogens with two attached hydrogens (primary N) is 1. The Kier molecular flexibility index (Phi) is 5.11. The molecular weight excluding hydrogens is 383 g/mol. The Hall–Kier alpha value is -2.64. The molecule has 1 aliphatic heterocycles. The maximum Gasteiger partial charge on any atom is 0.341 e. The lowest BCUT2D eigenvalue weighted by atomic mass is 10.2. The molecule has 0 saturated carbocycles. The van der Waals surface area contributed by atoms with Crippen LogP contribution in [0.4, 0.5) is 11.4 Å². The highest BCUT2D eigenvalue weighted by molar-refractivity contribution is 6.37. The molecule has 26 heavy (non-hydrogen) atoms. The Labute approximate surface area is 158 Å². The normalized spacial score (nSPS) is 13.2. The lowest BCUT2D eigenvalue weighted by Gasteiger charge is -2.15. The molecule has 0 aromatic heterocycles. The Bertz CT molecular complexity index is 888. The smallest absolute Gasteiger partial charge is 0.341 e. The van der Waals surface area contributed by atoms with E-state index in [2.05, 4.69) is 5.32 Å². The van der Waals surface area contributed by atoms with E-state index in [1.165, 1.54) is 19.1 Å². The van der Waals surface area contributed by atoms with Crippen LogP contribution >= 0.6 is 23.2 Å². The van der Waals surface area contributed by atoms with Crippen molar-refractivity contribution in [1.29, 1.82) is 0 Å². The molecule has 0 bridgehead atoms. The molecule has 1 unspecified atom stereocenters. The number of esters is 1. The molecule has 0 aliphatic carbocycles. The van der Waals surface area contributed by atoms with Crippen molar-refractivity contribution in [2.24, 2.45) is 0 Å². The number of anilines is 2. The fourth-order valence-electron chi connectivity index (χ4n) is 2.25. The molecule has 3 rings (SSSR count). The highest BCUT2D eigenvalue weighted by atomic mass is 35.5. The van der Waals surface area contributed by atoms with Gasteiger partial charge in [0.15, 0.2) is 17.6 Å². The van der Waals surface area contributed by atoms with Gasteiger partial charge in [-0.2, -0.15) is 0 Å². The van der Waals surface area contributed by atoms with Gasteiger partial charge in [0.1, 0.15) is 0 Å². The Morgan fingerprint density at radius 2 is 1.92 bits per heavy atom. The molecule has 0 fully saturated rings. The predicted octanol–water partition coefficient (Wildman–Crippen LogP) is 3.49. The van der Waals surface area contributed by atoms with Gasteiger partial charge in [-0.15, -0.1) is 0 Å². The molecule has 2 aromatic carbocycles. The van der Waals surface area contributed by atoms with Crippen molar-refractivity contribution >= 4 is 46.5 Å². The first-order valence-corrected chi connectivity index (χ1v) is 8.27. The minimum atomic E-state index is -1.08. The molecule has 1 atom stereocenters. The van der Waals surface area contributed by atoms with E-state index in [0.29, 0.717) is 17.2 Å². The molecule has 2 aromatic rings. The van der Waals surface area contributed by atoms with Crippen LogP contribution in [0, 0.1) is 0 Å². The van der Waals surface area contributed by atoms with E-state index in [4.69, 9.17) is 43.1 Å². The van der Waals surface area contributed by atoms with Crippen molar-refractivity contribution in [3.8, 4) is 11.5 Å². The van der Waals surface area contributed by atoms with Gasteiger partial charge < -0.3 is 25.3 Å². The van der Waals surface area contributed by atoms with Crippen molar-refractivity contribution < 1.29 is 23.8 Å². The lowest BCUT2D eigenvalue weighted by molar-refractivity contribution is -0.123. The van der Waals surface area contributed by atoms with E-state index in [1.807, 2.05) is 0 Å². The topological polar surface area (TPSA) is 99.9 Å². The summed E-state index contributed by atoms with van der Waals surface area (Å²) in [6.45, 7) is 1.56. The summed E-state index contributed by atoms with van der Waals surface area (Å²) in [5.74, 6) is -0.214. The highest BCUT2D eigenvalue weighted by Gasteiger charge is 2.22. The molecule has 7 nitrogen and oxygen atoms in total. The number of carbonyl (C=O) groups is 2.